The van der Waals surface area contributed by atoms with Crippen LogP contribution in [0.25, 0.3) is 0 Å². The van der Waals surface area contributed by atoms with Gasteiger partial charge in [-0.15, -0.1) is 0 Å². The second-order valence-electron chi connectivity index (χ2n) is 8.17. The van der Waals surface area contributed by atoms with Crippen LogP contribution in [0.1, 0.15) is 43.2 Å². The number of hydrogen-bond donors (Lipinski definition) is 0. The average Bonchev–Trinajstić information content (AvgIpc) is 3.00. The van der Waals surface area contributed by atoms with Gasteiger partial charge in [-0.2, -0.15) is 0 Å². The molecule has 4 heteroatoms. The fourth-order valence-electron chi connectivity index (χ4n) is 5.57. The standard InChI is InChI=1S/C22H30O4/c1-22-11-10-18-17-7-5-16(25-13-23-2)12-15(17)4-6-19(18)20(22)8-9-21(22)26-14-24-3/h5,7-9,12,18-21H,4,6,10-11,13-14H2,1-3H3/t18?,19?,20?,21-,22-/m0/s1. The summed E-state index contributed by atoms with van der Waals surface area (Å²) in [5.41, 5.74) is 3.19. The molecule has 4 nitrogen and oxygen atoms in total. The summed E-state index contributed by atoms with van der Waals surface area (Å²) in [4.78, 5) is 0. The Balaban J connectivity index is 1.54. The number of allylic oxidation sites excluding steroid dienone is 1. The first kappa shape index (κ1) is 18.0. The SMILES string of the molecule is COCOc1ccc2c(c1)CCC1C2CC[C@@]2(C)C1C=C[C@@H]2OCOC. The number of benzene rings is 1. The van der Waals surface area contributed by atoms with Crippen LogP contribution in [0, 0.1) is 17.3 Å². The molecule has 0 radical (unpaired) electrons. The molecule has 3 aliphatic carbocycles. The highest BCUT2D eigenvalue weighted by Gasteiger charge is 2.53. The van der Waals surface area contributed by atoms with Gasteiger partial charge in [0.15, 0.2) is 6.79 Å². The van der Waals surface area contributed by atoms with Gasteiger partial charge in [0.05, 0.1) is 6.10 Å². The fourth-order valence-corrected chi connectivity index (χ4v) is 5.57. The lowest BCUT2D eigenvalue weighted by molar-refractivity contribution is -0.114. The number of methoxy groups -OCH3 is 2. The molecule has 0 saturated heterocycles. The van der Waals surface area contributed by atoms with E-state index in [0.717, 1.165) is 12.2 Å². The van der Waals surface area contributed by atoms with Crippen LogP contribution in [0.4, 0.5) is 0 Å². The van der Waals surface area contributed by atoms with E-state index in [1.807, 2.05) is 0 Å². The zero-order chi connectivity index (χ0) is 18.1. The number of ether oxygens (including phenoxy) is 4. The van der Waals surface area contributed by atoms with E-state index < -0.39 is 0 Å². The van der Waals surface area contributed by atoms with Crippen molar-refractivity contribution < 1.29 is 18.9 Å². The van der Waals surface area contributed by atoms with Gasteiger partial charge in [-0.05, 0) is 66.7 Å². The molecule has 3 unspecified atom stereocenters. The Kier molecular flexibility index (Phi) is 5.09. The van der Waals surface area contributed by atoms with Crippen LogP contribution in [-0.4, -0.2) is 33.9 Å². The molecule has 0 aromatic heterocycles. The van der Waals surface area contributed by atoms with Crippen molar-refractivity contribution in [1.29, 1.82) is 0 Å². The maximum atomic E-state index is 5.99. The van der Waals surface area contributed by atoms with Crippen molar-refractivity contribution in [3.63, 3.8) is 0 Å². The van der Waals surface area contributed by atoms with E-state index >= 15 is 0 Å². The fraction of sp³-hybridized carbons (Fsp3) is 0.636. The molecule has 0 N–H and O–H groups in total. The van der Waals surface area contributed by atoms with Crippen molar-refractivity contribution in [3.05, 3.63) is 41.5 Å². The normalized spacial score (nSPS) is 34.9. The molecule has 26 heavy (non-hydrogen) atoms. The number of aryl methyl sites for hydroxylation is 1. The van der Waals surface area contributed by atoms with E-state index in [2.05, 4.69) is 37.3 Å². The summed E-state index contributed by atoms with van der Waals surface area (Å²) in [7, 11) is 3.35. The summed E-state index contributed by atoms with van der Waals surface area (Å²) in [5.74, 6) is 2.87. The zero-order valence-corrected chi connectivity index (χ0v) is 16.1. The van der Waals surface area contributed by atoms with Gasteiger partial charge in [0, 0.05) is 19.6 Å². The van der Waals surface area contributed by atoms with Crippen molar-refractivity contribution in [2.45, 2.75) is 44.6 Å². The van der Waals surface area contributed by atoms with Crippen LogP contribution in [-0.2, 0) is 20.6 Å². The summed E-state index contributed by atoms with van der Waals surface area (Å²) >= 11 is 0. The van der Waals surface area contributed by atoms with Crippen LogP contribution in [0.2, 0.25) is 0 Å². The van der Waals surface area contributed by atoms with Gasteiger partial charge in [0.1, 0.15) is 12.5 Å². The highest BCUT2D eigenvalue weighted by Crippen LogP contribution is 2.59. The minimum atomic E-state index is 0.180. The van der Waals surface area contributed by atoms with Gasteiger partial charge in [0.2, 0.25) is 0 Å². The van der Waals surface area contributed by atoms with E-state index in [9.17, 15) is 0 Å². The molecule has 1 fully saturated rings. The van der Waals surface area contributed by atoms with Gasteiger partial charge < -0.3 is 18.9 Å². The maximum Gasteiger partial charge on any atom is 0.188 e. The Morgan fingerprint density at radius 3 is 2.73 bits per heavy atom. The molecule has 1 aromatic rings. The van der Waals surface area contributed by atoms with Crippen molar-refractivity contribution in [2.75, 3.05) is 27.8 Å². The zero-order valence-electron chi connectivity index (χ0n) is 16.1. The largest absolute Gasteiger partial charge is 0.468 e. The van der Waals surface area contributed by atoms with Crippen LogP contribution in [0.15, 0.2) is 30.4 Å². The quantitative estimate of drug-likeness (QED) is 0.561. The van der Waals surface area contributed by atoms with E-state index in [0.29, 0.717) is 31.3 Å². The molecule has 5 atom stereocenters. The smallest absolute Gasteiger partial charge is 0.188 e. The highest BCUT2D eigenvalue weighted by molar-refractivity contribution is 5.41. The Morgan fingerprint density at radius 2 is 1.92 bits per heavy atom. The lowest BCUT2D eigenvalue weighted by atomic mass is 9.55. The molecule has 4 rings (SSSR count). The number of rotatable bonds is 6. The lowest BCUT2D eigenvalue weighted by Gasteiger charge is -2.50. The van der Waals surface area contributed by atoms with E-state index in [-0.39, 0.29) is 11.5 Å². The van der Waals surface area contributed by atoms with Gasteiger partial charge >= 0.3 is 0 Å². The van der Waals surface area contributed by atoms with E-state index in [1.165, 1.54) is 30.4 Å². The van der Waals surface area contributed by atoms with E-state index in [4.69, 9.17) is 18.9 Å². The van der Waals surface area contributed by atoms with E-state index in [1.54, 1.807) is 14.2 Å². The van der Waals surface area contributed by atoms with Crippen molar-refractivity contribution in [2.24, 2.45) is 17.3 Å². The molecule has 0 heterocycles. The highest BCUT2D eigenvalue weighted by atomic mass is 16.7. The lowest BCUT2D eigenvalue weighted by Crippen LogP contribution is -2.45. The van der Waals surface area contributed by atoms with Crippen LogP contribution >= 0.6 is 0 Å². The minimum absolute atomic E-state index is 0.180. The van der Waals surface area contributed by atoms with Crippen molar-refractivity contribution in [1.82, 2.24) is 0 Å². The molecular formula is C22H30O4. The van der Waals surface area contributed by atoms with Crippen LogP contribution in [0.3, 0.4) is 0 Å². The van der Waals surface area contributed by atoms with Crippen LogP contribution in [0.5, 0.6) is 5.75 Å². The maximum absolute atomic E-state index is 5.99. The molecule has 0 aliphatic heterocycles. The Labute approximate surface area is 156 Å². The molecular weight excluding hydrogens is 328 g/mol. The third-order valence-corrected chi connectivity index (χ3v) is 6.85. The van der Waals surface area contributed by atoms with Crippen molar-refractivity contribution >= 4 is 0 Å². The molecule has 1 saturated carbocycles. The minimum Gasteiger partial charge on any atom is -0.468 e. The van der Waals surface area contributed by atoms with Gasteiger partial charge in [-0.1, -0.05) is 25.1 Å². The topological polar surface area (TPSA) is 36.9 Å². The summed E-state index contributed by atoms with van der Waals surface area (Å²) in [6, 6.07) is 6.60. The number of fused-ring (bicyclic) bond motifs is 5. The second-order valence-corrected chi connectivity index (χ2v) is 8.17. The van der Waals surface area contributed by atoms with Gasteiger partial charge in [-0.25, -0.2) is 0 Å². The monoisotopic (exact) mass is 358 g/mol. The first-order valence-electron chi connectivity index (χ1n) is 9.71. The predicted octanol–water partition coefficient (Wildman–Crippen LogP) is 4.29. The molecule has 0 bridgehead atoms. The van der Waals surface area contributed by atoms with Crippen molar-refractivity contribution in [3.8, 4) is 5.75 Å². The Morgan fingerprint density at radius 1 is 1.08 bits per heavy atom. The third-order valence-electron chi connectivity index (χ3n) is 6.85. The predicted molar refractivity (Wildman–Crippen MR) is 100 cm³/mol. The first-order valence-corrected chi connectivity index (χ1v) is 9.71. The molecule has 0 spiro atoms. The molecule has 142 valence electrons. The average molecular weight is 358 g/mol. The molecule has 3 aliphatic rings. The summed E-state index contributed by atoms with van der Waals surface area (Å²) in [5, 5.41) is 0. The molecule has 1 aromatic carbocycles. The summed E-state index contributed by atoms with van der Waals surface area (Å²) in [6.45, 7) is 3.09. The Hall–Kier alpha value is -1.36. The second kappa shape index (κ2) is 7.34. The van der Waals surface area contributed by atoms with Crippen LogP contribution < -0.4 is 4.74 Å². The first-order chi connectivity index (χ1) is 12.7. The summed E-state index contributed by atoms with van der Waals surface area (Å²) < 4.78 is 21.8. The summed E-state index contributed by atoms with van der Waals surface area (Å²) in [6.07, 6.45) is 9.69. The van der Waals surface area contributed by atoms with Gasteiger partial charge in [0.25, 0.3) is 0 Å². The molecule has 0 amide bonds. The third kappa shape index (κ3) is 2.98. The number of hydrogen-bond acceptors (Lipinski definition) is 4. The van der Waals surface area contributed by atoms with Gasteiger partial charge in [-0.3, -0.25) is 0 Å². The Bertz CT molecular complexity index is 670.